The monoisotopic (exact) mass is 416 g/mol. The minimum atomic E-state index is -0.936. The lowest BCUT2D eigenvalue weighted by molar-refractivity contribution is -0.123. The summed E-state index contributed by atoms with van der Waals surface area (Å²) in [6.07, 6.45) is -0.936. The molecular formula is C22H25ClN2O4. The van der Waals surface area contributed by atoms with Crippen molar-refractivity contribution in [1.82, 2.24) is 4.90 Å². The second kappa shape index (κ2) is 9.87. The van der Waals surface area contributed by atoms with Gasteiger partial charge in [-0.1, -0.05) is 29.8 Å². The van der Waals surface area contributed by atoms with Crippen molar-refractivity contribution >= 4 is 29.2 Å². The quantitative estimate of drug-likeness (QED) is 0.728. The van der Waals surface area contributed by atoms with Crippen molar-refractivity contribution in [3.8, 4) is 0 Å². The first-order valence-corrected chi connectivity index (χ1v) is 9.98. The number of hydrogen-bond acceptors (Lipinski definition) is 5. The number of amides is 1. The summed E-state index contributed by atoms with van der Waals surface area (Å²) in [7, 11) is 0. The van der Waals surface area contributed by atoms with E-state index < -0.39 is 18.0 Å². The molecule has 0 aromatic heterocycles. The zero-order valence-corrected chi connectivity index (χ0v) is 17.4. The predicted octanol–water partition coefficient (Wildman–Crippen LogP) is 3.66. The molecule has 1 aliphatic heterocycles. The number of anilines is 1. The van der Waals surface area contributed by atoms with Gasteiger partial charge in [0.2, 0.25) is 0 Å². The molecule has 1 saturated heterocycles. The zero-order valence-electron chi connectivity index (χ0n) is 16.6. The number of rotatable bonds is 6. The number of hydrogen-bond donors (Lipinski definition) is 1. The average Bonchev–Trinajstić information content (AvgIpc) is 2.72. The van der Waals surface area contributed by atoms with Gasteiger partial charge in [-0.05, 0) is 49.2 Å². The lowest BCUT2D eigenvalue weighted by atomic mass is 10.1. The molecule has 2 aromatic carbocycles. The first-order chi connectivity index (χ1) is 13.9. The van der Waals surface area contributed by atoms with Gasteiger partial charge in [-0.2, -0.15) is 0 Å². The van der Waals surface area contributed by atoms with Gasteiger partial charge in [-0.15, -0.1) is 0 Å². The maximum atomic E-state index is 12.4. The van der Waals surface area contributed by atoms with Gasteiger partial charge in [-0.3, -0.25) is 9.69 Å². The third kappa shape index (κ3) is 5.79. The zero-order chi connectivity index (χ0) is 20.8. The average molecular weight is 417 g/mol. The standard InChI is InChI=1S/C22H25ClN2O4/c1-15-19(23)4-3-5-20(15)24-21(26)16(2)29-22(27)18-8-6-17(7-9-18)14-25-10-12-28-13-11-25/h3-9,16H,10-14H2,1-2H3,(H,24,26)/t16-/m0/s1. The molecule has 2 aromatic rings. The summed E-state index contributed by atoms with van der Waals surface area (Å²) in [4.78, 5) is 27.1. The van der Waals surface area contributed by atoms with Gasteiger partial charge in [0.1, 0.15) is 0 Å². The first kappa shape index (κ1) is 21.3. The highest BCUT2D eigenvalue weighted by Gasteiger charge is 2.20. The summed E-state index contributed by atoms with van der Waals surface area (Å²) in [5, 5.41) is 3.31. The largest absolute Gasteiger partial charge is 0.449 e. The van der Waals surface area contributed by atoms with E-state index >= 15 is 0 Å². The van der Waals surface area contributed by atoms with Gasteiger partial charge in [0, 0.05) is 30.3 Å². The Hall–Kier alpha value is -2.41. The van der Waals surface area contributed by atoms with Crippen LogP contribution in [-0.4, -0.2) is 49.2 Å². The number of nitrogens with one attached hydrogen (secondary N) is 1. The molecule has 0 spiro atoms. The first-order valence-electron chi connectivity index (χ1n) is 9.60. The molecule has 7 heteroatoms. The van der Waals surface area contributed by atoms with Crippen molar-refractivity contribution in [1.29, 1.82) is 0 Å². The smallest absolute Gasteiger partial charge is 0.338 e. The van der Waals surface area contributed by atoms with Gasteiger partial charge in [0.15, 0.2) is 6.10 Å². The summed E-state index contributed by atoms with van der Waals surface area (Å²) in [6, 6.07) is 12.5. The summed E-state index contributed by atoms with van der Waals surface area (Å²) < 4.78 is 10.7. The fourth-order valence-electron chi connectivity index (χ4n) is 3.02. The Morgan fingerprint density at radius 2 is 1.86 bits per heavy atom. The lowest BCUT2D eigenvalue weighted by Gasteiger charge is -2.26. The minimum absolute atomic E-state index is 0.410. The summed E-state index contributed by atoms with van der Waals surface area (Å²) in [5.41, 5.74) is 2.88. The second-order valence-corrected chi connectivity index (χ2v) is 7.44. The van der Waals surface area contributed by atoms with Crippen molar-refractivity contribution < 1.29 is 19.1 Å². The fraction of sp³-hybridized carbons (Fsp3) is 0.364. The van der Waals surface area contributed by atoms with Crippen LogP contribution in [0.2, 0.25) is 5.02 Å². The molecule has 1 N–H and O–H groups in total. The Morgan fingerprint density at radius 3 is 2.55 bits per heavy atom. The van der Waals surface area contributed by atoms with Crippen LogP contribution in [0.5, 0.6) is 0 Å². The van der Waals surface area contributed by atoms with Gasteiger partial charge < -0.3 is 14.8 Å². The van der Waals surface area contributed by atoms with E-state index in [9.17, 15) is 9.59 Å². The Morgan fingerprint density at radius 1 is 1.17 bits per heavy atom. The van der Waals surface area contributed by atoms with Crippen LogP contribution in [0.1, 0.15) is 28.4 Å². The molecule has 6 nitrogen and oxygen atoms in total. The number of morpholine rings is 1. The third-order valence-corrected chi connectivity index (χ3v) is 5.29. The van der Waals surface area contributed by atoms with E-state index in [0.29, 0.717) is 16.3 Å². The molecule has 0 radical (unpaired) electrons. The number of carbonyl (C=O) groups is 2. The molecule has 1 amide bonds. The van der Waals surface area contributed by atoms with Crippen molar-refractivity contribution in [3.05, 3.63) is 64.2 Å². The van der Waals surface area contributed by atoms with Crippen molar-refractivity contribution in [2.45, 2.75) is 26.5 Å². The molecule has 1 atom stereocenters. The third-order valence-electron chi connectivity index (χ3n) is 4.88. The molecule has 0 bridgehead atoms. The number of benzene rings is 2. The van der Waals surface area contributed by atoms with Gasteiger partial charge in [0.25, 0.3) is 5.91 Å². The highest BCUT2D eigenvalue weighted by molar-refractivity contribution is 6.31. The molecule has 1 aliphatic rings. The van der Waals surface area contributed by atoms with Gasteiger partial charge >= 0.3 is 5.97 Å². The number of nitrogens with zero attached hydrogens (tertiary/aromatic N) is 1. The highest BCUT2D eigenvalue weighted by Crippen LogP contribution is 2.23. The van der Waals surface area contributed by atoms with Crippen LogP contribution in [0.3, 0.4) is 0 Å². The van der Waals surface area contributed by atoms with Crippen LogP contribution in [0.4, 0.5) is 5.69 Å². The Labute approximate surface area is 175 Å². The summed E-state index contributed by atoms with van der Waals surface area (Å²) in [6.45, 7) is 7.48. The van der Waals surface area contributed by atoms with Crippen LogP contribution < -0.4 is 5.32 Å². The Bertz CT molecular complexity index is 864. The summed E-state index contributed by atoms with van der Waals surface area (Å²) in [5.74, 6) is -0.943. The molecule has 1 fully saturated rings. The molecule has 0 saturated carbocycles. The maximum Gasteiger partial charge on any atom is 0.338 e. The van der Waals surface area contributed by atoms with E-state index in [1.54, 1.807) is 37.3 Å². The fourth-order valence-corrected chi connectivity index (χ4v) is 3.20. The molecule has 1 heterocycles. The predicted molar refractivity (Wildman–Crippen MR) is 112 cm³/mol. The number of carbonyl (C=O) groups excluding carboxylic acids is 2. The van der Waals surface area contributed by atoms with E-state index in [1.807, 2.05) is 19.1 Å². The lowest BCUT2D eigenvalue weighted by Crippen LogP contribution is -2.35. The highest BCUT2D eigenvalue weighted by atomic mass is 35.5. The molecule has 0 unspecified atom stereocenters. The normalized spacial score (nSPS) is 15.6. The molecule has 29 heavy (non-hydrogen) atoms. The van der Waals surface area contributed by atoms with Gasteiger partial charge in [-0.25, -0.2) is 4.79 Å². The SMILES string of the molecule is Cc1c(Cl)cccc1NC(=O)[C@H](C)OC(=O)c1ccc(CN2CCOCC2)cc1. The Balaban J connectivity index is 1.54. The van der Waals surface area contributed by atoms with Crippen LogP contribution in [0.15, 0.2) is 42.5 Å². The van der Waals surface area contributed by atoms with E-state index in [1.165, 1.54) is 0 Å². The Kier molecular flexibility index (Phi) is 7.25. The number of halogens is 1. The van der Waals surface area contributed by atoms with E-state index in [0.717, 1.165) is 44.0 Å². The van der Waals surface area contributed by atoms with E-state index in [4.69, 9.17) is 21.1 Å². The molecule has 0 aliphatic carbocycles. The van der Waals surface area contributed by atoms with E-state index in [2.05, 4.69) is 10.2 Å². The number of esters is 1. The molecular weight excluding hydrogens is 392 g/mol. The van der Waals surface area contributed by atoms with Crippen LogP contribution in [-0.2, 0) is 20.8 Å². The van der Waals surface area contributed by atoms with Crippen molar-refractivity contribution in [3.63, 3.8) is 0 Å². The minimum Gasteiger partial charge on any atom is -0.449 e. The molecule has 154 valence electrons. The van der Waals surface area contributed by atoms with Gasteiger partial charge in [0.05, 0.1) is 18.8 Å². The van der Waals surface area contributed by atoms with Crippen molar-refractivity contribution in [2.75, 3.05) is 31.6 Å². The van der Waals surface area contributed by atoms with Crippen LogP contribution >= 0.6 is 11.6 Å². The number of ether oxygens (including phenoxy) is 2. The van der Waals surface area contributed by atoms with Crippen LogP contribution in [0, 0.1) is 6.92 Å². The topological polar surface area (TPSA) is 67.9 Å². The summed E-state index contributed by atoms with van der Waals surface area (Å²) >= 11 is 6.07. The maximum absolute atomic E-state index is 12.4. The van der Waals surface area contributed by atoms with Crippen molar-refractivity contribution in [2.24, 2.45) is 0 Å². The molecule has 3 rings (SSSR count). The van der Waals surface area contributed by atoms with E-state index in [-0.39, 0.29) is 0 Å². The van der Waals surface area contributed by atoms with Crippen LogP contribution in [0.25, 0.3) is 0 Å². The second-order valence-electron chi connectivity index (χ2n) is 7.03.